The Balaban J connectivity index is 2.04. The maximum atomic E-state index is 11.6. The first-order chi connectivity index (χ1) is 13.2. The maximum absolute atomic E-state index is 11.6. The molecule has 1 aromatic carbocycles. The summed E-state index contributed by atoms with van der Waals surface area (Å²) in [7, 11) is 0. The van der Waals surface area contributed by atoms with Crippen molar-refractivity contribution in [2.45, 2.75) is 24.9 Å². The maximum Gasteiger partial charge on any atom is 0.373 e. The van der Waals surface area contributed by atoms with Crippen LogP contribution in [-0.2, 0) is 20.8 Å². The van der Waals surface area contributed by atoms with E-state index in [-0.39, 0.29) is 24.3 Å². The molecule has 0 spiro atoms. The van der Waals surface area contributed by atoms with Crippen molar-refractivity contribution in [3.05, 3.63) is 41.1 Å². The van der Waals surface area contributed by atoms with Gasteiger partial charge in [0.25, 0.3) is 6.04 Å². The Bertz CT molecular complexity index is 976. The molecule has 0 saturated carbocycles. The Hall–Kier alpha value is -3.82. The Morgan fingerprint density at radius 3 is 2.32 bits per heavy atom. The van der Waals surface area contributed by atoms with E-state index in [9.17, 15) is 34.8 Å². The molecule has 2 unspecified atom stereocenters. The molecule has 2 aliphatic rings. The topological polar surface area (TPSA) is 167 Å². The number of allylic oxidation sites excluding steroid dienone is 2. The zero-order chi connectivity index (χ0) is 20.6. The lowest BCUT2D eigenvalue weighted by Crippen LogP contribution is -2.41. The van der Waals surface area contributed by atoms with Gasteiger partial charge in [-0.25, -0.2) is 14.4 Å². The van der Waals surface area contributed by atoms with Crippen LogP contribution in [0.3, 0.4) is 0 Å². The number of hydrogen-bond donors (Lipinski definition) is 6. The molecule has 0 amide bonds. The van der Waals surface area contributed by atoms with Crippen LogP contribution in [0.25, 0.3) is 0 Å². The fraction of sp³-hybridized carbons (Fsp3) is 0.222. The van der Waals surface area contributed by atoms with E-state index in [2.05, 4.69) is 5.32 Å². The molecule has 28 heavy (non-hydrogen) atoms. The number of carboxylic acid groups (broad SMARTS) is 3. The predicted octanol–water partition coefficient (Wildman–Crippen LogP) is 0.163. The molecule has 10 nitrogen and oxygen atoms in total. The van der Waals surface area contributed by atoms with Crippen LogP contribution in [0.2, 0.25) is 0 Å². The van der Waals surface area contributed by atoms with Gasteiger partial charge in [-0.3, -0.25) is 0 Å². The summed E-state index contributed by atoms with van der Waals surface area (Å²) in [5.74, 6) is -4.42. The molecule has 1 aromatic rings. The first-order valence-corrected chi connectivity index (χ1v) is 8.21. The van der Waals surface area contributed by atoms with Crippen molar-refractivity contribution in [3.63, 3.8) is 0 Å². The van der Waals surface area contributed by atoms with E-state index < -0.39 is 35.7 Å². The number of carboxylic acids is 3. The number of aromatic hydroxyl groups is 2. The average Bonchev–Trinajstić information content (AvgIpc) is 2.97. The number of rotatable bonds is 4. The Morgan fingerprint density at radius 2 is 1.71 bits per heavy atom. The van der Waals surface area contributed by atoms with E-state index in [0.717, 1.165) is 0 Å². The molecule has 2 atom stereocenters. The van der Waals surface area contributed by atoms with Crippen molar-refractivity contribution < 1.29 is 44.5 Å². The summed E-state index contributed by atoms with van der Waals surface area (Å²) in [6.45, 7) is 0. The van der Waals surface area contributed by atoms with Crippen LogP contribution in [0.5, 0.6) is 11.5 Å². The van der Waals surface area contributed by atoms with Crippen LogP contribution in [-0.4, -0.2) is 66.3 Å². The number of hydrogen-bond acceptors (Lipinski definition) is 6. The minimum Gasteiger partial charge on any atom is -0.504 e. The van der Waals surface area contributed by atoms with Gasteiger partial charge in [0.1, 0.15) is 11.7 Å². The molecule has 2 aliphatic heterocycles. The molecule has 6 N–H and O–H groups in total. The third-order valence-electron chi connectivity index (χ3n) is 4.57. The van der Waals surface area contributed by atoms with E-state index >= 15 is 0 Å². The fourth-order valence-electron chi connectivity index (χ4n) is 3.20. The number of aliphatic carboxylic acids is 3. The van der Waals surface area contributed by atoms with Gasteiger partial charge in [0.2, 0.25) is 5.69 Å². The van der Waals surface area contributed by atoms with Crippen LogP contribution in [0, 0.1) is 0 Å². The third-order valence-corrected chi connectivity index (χ3v) is 4.57. The zero-order valence-corrected chi connectivity index (χ0v) is 14.4. The van der Waals surface area contributed by atoms with E-state index in [1.54, 1.807) is 0 Å². The normalized spacial score (nSPS) is 23.8. The van der Waals surface area contributed by atoms with Gasteiger partial charge < -0.3 is 30.8 Å². The Labute approximate surface area is 158 Å². The summed E-state index contributed by atoms with van der Waals surface area (Å²) in [4.78, 5) is 34.0. The molecule has 10 heteroatoms. The SMILES string of the molecule is O=C(O)C1=C/C(=C/C=[N+]2c3cc(O)c(O)cc3CC2C(=O)O)CC(C(=O)O)N1. The summed E-state index contributed by atoms with van der Waals surface area (Å²) >= 11 is 0. The number of fused-ring (bicyclic) bond motifs is 1. The van der Waals surface area contributed by atoms with Crippen molar-refractivity contribution in [1.82, 2.24) is 5.32 Å². The second kappa shape index (κ2) is 7.06. The first kappa shape index (κ1) is 19.0. The summed E-state index contributed by atoms with van der Waals surface area (Å²) in [6, 6.07) is 0.407. The zero-order valence-electron chi connectivity index (χ0n) is 14.4. The second-order valence-corrected chi connectivity index (χ2v) is 6.43. The molecule has 0 radical (unpaired) electrons. The Kier molecular flexibility index (Phi) is 4.78. The van der Waals surface area contributed by atoms with Crippen molar-refractivity contribution in [2.75, 3.05) is 0 Å². The number of nitrogens with zero attached hydrogens (tertiary/aromatic N) is 1. The molecular formula is C18H17N2O8+. The number of benzene rings is 1. The first-order valence-electron chi connectivity index (χ1n) is 8.21. The van der Waals surface area contributed by atoms with E-state index in [0.29, 0.717) is 16.8 Å². The smallest absolute Gasteiger partial charge is 0.373 e. The molecule has 2 heterocycles. The lowest BCUT2D eigenvalue weighted by molar-refractivity contribution is -0.456. The van der Waals surface area contributed by atoms with Crippen LogP contribution in [0.4, 0.5) is 5.69 Å². The largest absolute Gasteiger partial charge is 0.504 e. The predicted molar refractivity (Wildman–Crippen MR) is 93.9 cm³/mol. The van der Waals surface area contributed by atoms with Crippen molar-refractivity contribution in [2.24, 2.45) is 0 Å². The standard InChI is InChI=1S/C18H16N2O8/c21-14-6-9-5-13(18(27)28)20(12(9)7-15(14)22)2-1-8-3-10(16(23)24)19-11(4-8)17(25)26/h1-3,6-7,11,13H,4-5H2,(H5,21,22,23,24,25,26,27,28)/p+1. The quantitative estimate of drug-likeness (QED) is 0.310. The number of nitrogens with one attached hydrogen (secondary N) is 1. The molecule has 0 saturated heterocycles. The van der Waals surface area contributed by atoms with Gasteiger partial charge >= 0.3 is 17.9 Å². The highest BCUT2D eigenvalue weighted by Gasteiger charge is 2.40. The lowest BCUT2D eigenvalue weighted by atomic mass is 10.00. The number of phenolic OH excluding ortho intramolecular Hbond substituents is 2. The molecule has 0 aliphatic carbocycles. The summed E-state index contributed by atoms with van der Waals surface area (Å²) in [5.41, 5.74) is 1.00. The van der Waals surface area contributed by atoms with Gasteiger partial charge in [0, 0.05) is 18.1 Å². The second-order valence-electron chi connectivity index (χ2n) is 6.43. The van der Waals surface area contributed by atoms with Gasteiger partial charge in [-0.2, -0.15) is 4.58 Å². The average molecular weight is 389 g/mol. The van der Waals surface area contributed by atoms with Gasteiger partial charge in [0.05, 0.1) is 12.5 Å². The molecule has 3 rings (SSSR count). The number of carbonyl (C=O) groups is 3. The molecule has 0 aromatic heterocycles. The van der Waals surface area contributed by atoms with Crippen molar-refractivity contribution >= 4 is 29.8 Å². The minimum atomic E-state index is -1.31. The summed E-state index contributed by atoms with van der Waals surface area (Å²) in [5, 5.41) is 49.6. The van der Waals surface area contributed by atoms with Crippen LogP contribution in [0.1, 0.15) is 12.0 Å². The van der Waals surface area contributed by atoms with Crippen LogP contribution < -0.4 is 5.32 Å². The summed E-state index contributed by atoms with van der Waals surface area (Å²) in [6.07, 6.45) is 4.21. The van der Waals surface area contributed by atoms with E-state index in [4.69, 9.17) is 5.11 Å². The van der Waals surface area contributed by atoms with E-state index in [1.165, 1.54) is 35.1 Å². The van der Waals surface area contributed by atoms with Gasteiger partial charge in [-0.1, -0.05) is 0 Å². The molecule has 0 bridgehead atoms. The van der Waals surface area contributed by atoms with Crippen molar-refractivity contribution in [3.8, 4) is 11.5 Å². The van der Waals surface area contributed by atoms with Gasteiger partial charge in [0.15, 0.2) is 17.7 Å². The molecule has 146 valence electrons. The van der Waals surface area contributed by atoms with Crippen LogP contribution in [0.15, 0.2) is 35.6 Å². The lowest BCUT2D eigenvalue weighted by Gasteiger charge is -2.21. The van der Waals surface area contributed by atoms with Gasteiger partial charge in [-0.15, -0.1) is 0 Å². The highest BCUT2D eigenvalue weighted by Crippen LogP contribution is 2.38. The highest BCUT2D eigenvalue weighted by atomic mass is 16.4. The molecule has 0 fully saturated rings. The summed E-state index contributed by atoms with van der Waals surface area (Å²) < 4.78 is 1.37. The Morgan fingerprint density at radius 1 is 1.04 bits per heavy atom. The monoisotopic (exact) mass is 389 g/mol. The van der Waals surface area contributed by atoms with E-state index in [1.807, 2.05) is 0 Å². The van der Waals surface area contributed by atoms with Crippen LogP contribution >= 0.6 is 0 Å². The number of phenols is 2. The van der Waals surface area contributed by atoms with Crippen molar-refractivity contribution in [1.29, 1.82) is 0 Å². The highest BCUT2D eigenvalue weighted by molar-refractivity contribution is 5.89. The fourth-order valence-corrected chi connectivity index (χ4v) is 3.20. The van der Waals surface area contributed by atoms with Gasteiger partial charge in [-0.05, 0) is 17.7 Å². The minimum absolute atomic E-state index is 0.00186. The molecular weight excluding hydrogens is 372 g/mol. The third kappa shape index (κ3) is 3.52.